The Bertz CT molecular complexity index is 261. The molecule has 4 heteroatoms. The maximum absolute atomic E-state index is 11.0. The van der Waals surface area contributed by atoms with Gasteiger partial charge in [0.1, 0.15) is 0 Å². The molecule has 0 aliphatic carbocycles. The number of carbonyl (C=O) groups excluding carboxylic acids is 2. The van der Waals surface area contributed by atoms with E-state index in [1.54, 1.807) is 0 Å². The van der Waals surface area contributed by atoms with Crippen molar-refractivity contribution in [2.75, 3.05) is 0 Å². The topological polar surface area (TPSA) is 51.2 Å². The molecule has 0 unspecified atom stereocenters. The van der Waals surface area contributed by atoms with Crippen molar-refractivity contribution in [1.82, 2.24) is 0 Å². The monoisotopic (exact) mass is 186 g/mol. The van der Waals surface area contributed by atoms with Gasteiger partial charge in [0, 0.05) is 0 Å². The lowest BCUT2D eigenvalue weighted by Crippen LogP contribution is -2.17. The van der Waals surface area contributed by atoms with Gasteiger partial charge in [-0.3, -0.25) is 9.59 Å². The average molecular weight is 186 g/mol. The summed E-state index contributed by atoms with van der Waals surface area (Å²) in [5, 5.41) is -1.47. The van der Waals surface area contributed by atoms with Gasteiger partial charge in [-0.1, -0.05) is 13.2 Å². The Balaban J connectivity index is 4.63. The van der Waals surface area contributed by atoms with E-state index in [4.69, 9.17) is 0 Å². The van der Waals surface area contributed by atoms with E-state index >= 15 is 0 Å². The zero-order chi connectivity index (χ0) is 9.89. The van der Waals surface area contributed by atoms with E-state index in [2.05, 4.69) is 13.2 Å². The molecule has 0 heterocycles. The Morgan fingerprint density at radius 1 is 1.00 bits per heavy atom. The molecule has 3 nitrogen and oxygen atoms in total. The zero-order valence-corrected chi connectivity index (χ0v) is 7.86. The van der Waals surface area contributed by atoms with Gasteiger partial charge in [-0.25, -0.2) is 4.21 Å². The summed E-state index contributed by atoms with van der Waals surface area (Å²) in [5.41, 5.74) is 0.228. The third kappa shape index (κ3) is 2.54. The fourth-order valence-corrected chi connectivity index (χ4v) is 1.20. The Morgan fingerprint density at radius 3 is 1.42 bits per heavy atom. The second kappa shape index (κ2) is 4.11. The summed E-state index contributed by atoms with van der Waals surface area (Å²) in [6.45, 7) is 9.40. The third-order valence-corrected chi connectivity index (χ3v) is 2.40. The number of hydrogen-bond donors (Lipinski definition) is 0. The van der Waals surface area contributed by atoms with E-state index in [0.29, 0.717) is 0 Å². The lowest BCUT2D eigenvalue weighted by atomic mass is 10.4. The molecule has 0 aromatic rings. The van der Waals surface area contributed by atoms with Crippen LogP contribution in [0.4, 0.5) is 0 Å². The highest BCUT2D eigenvalue weighted by Crippen LogP contribution is 2.02. The summed E-state index contributed by atoms with van der Waals surface area (Å²) in [5.74, 6) is 0. The lowest BCUT2D eigenvalue weighted by Gasteiger charge is -1.97. The van der Waals surface area contributed by atoms with Gasteiger partial charge >= 0.3 is 0 Å². The fraction of sp³-hybridized carbons (Fsp3) is 0.250. The predicted octanol–water partition coefficient (Wildman–Crippen LogP) is 0.941. The molecule has 0 aromatic heterocycles. The van der Waals surface area contributed by atoms with Crippen LogP contribution in [0, 0.1) is 0 Å². The highest BCUT2D eigenvalue weighted by atomic mass is 32.2. The van der Waals surface area contributed by atoms with Gasteiger partial charge in [0.2, 0.25) is 0 Å². The summed E-state index contributed by atoms with van der Waals surface area (Å²) < 4.78 is 11.0. The zero-order valence-electron chi connectivity index (χ0n) is 7.05. The molecule has 0 fully saturated rings. The predicted molar refractivity (Wildman–Crippen MR) is 47.8 cm³/mol. The molecule has 0 amide bonds. The summed E-state index contributed by atoms with van der Waals surface area (Å²) in [7, 11) is -2.15. The molecule has 0 aliphatic rings. The van der Waals surface area contributed by atoms with Crippen LogP contribution in [0.5, 0.6) is 0 Å². The van der Waals surface area contributed by atoms with Gasteiger partial charge in [-0.15, -0.1) is 0 Å². The second-order valence-electron chi connectivity index (χ2n) is 2.40. The van der Waals surface area contributed by atoms with Gasteiger partial charge in [0.25, 0.3) is 10.2 Å². The second-order valence-corrected chi connectivity index (χ2v) is 3.68. The first-order chi connectivity index (χ1) is 5.37. The van der Waals surface area contributed by atoms with Crippen molar-refractivity contribution in [1.29, 1.82) is 0 Å². The standard InChI is InChI=1S/C8H10O3S/c1-5(2)7(9)12(11)8(10)6(3)4/h1,3H2,2,4H3. The van der Waals surface area contributed by atoms with Gasteiger partial charge in [-0.05, 0) is 25.0 Å². The summed E-state index contributed by atoms with van der Waals surface area (Å²) in [6, 6.07) is 0. The molecular weight excluding hydrogens is 176 g/mol. The number of rotatable bonds is 2. The van der Waals surface area contributed by atoms with Crippen LogP contribution in [-0.4, -0.2) is 14.4 Å². The van der Waals surface area contributed by atoms with Crippen molar-refractivity contribution >= 4 is 21.0 Å². The van der Waals surface area contributed by atoms with E-state index in [-0.39, 0.29) is 11.1 Å². The van der Waals surface area contributed by atoms with E-state index < -0.39 is 21.0 Å². The maximum atomic E-state index is 11.0. The molecule has 12 heavy (non-hydrogen) atoms. The Labute approximate surface area is 73.6 Å². The summed E-state index contributed by atoms with van der Waals surface area (Å²) in [6.07, 6.45) is 0. The Hall–Kier alpha value is -1.03. The van der Waals surface area contributed by atoms with E-state index in [1.807, 2.05) is 0 Å². The fourth-order valence-electron chi connectivity index (χ4n) is 0.401. The minimum atomic E-state index is -2.15. The van der Waals surface area contributed by atoms with Crippen LogP contribution in [0.25, 0.3) is 0 Å². The normalized spacial score (nSPS) is 9.58. The van der Waals surface area contributed by atoms with E-state index in [9.17, 15) is 13.8 Å². The van der Waals surface area contributed by atoms with Gasteiger partial charge in [-0.2, -0.15) is 0 Å². The minimum absolute atomic E-state index is 0.114. The first-order valence-electron chi connectivity index (χ1n) is 3.19. The van der Waals surface area contributed by atoms with E-state index in [0.717, 1.165) is 0 Å². The van der Waals surface area contributed by atoms with Crippen LogP contribution >= 0.6 is 0 Å². The summed E-state index contributed by atoms with van der Waals surface area (Å²) >= 11 is 0. The average Bonchev–Trinajstić information content (AvgIpc) is 2.00. The van der Waals surface area contributed by atoms with Gasteiger partial charge in [0.05, 0.1) is 0 Å². The van der Waals surface area contributed by atoms with Crippen LogP contribution in [0.15, 0.2) is 24.3 Å². The van der Waals surface area contributed by atoms with Crippen molar-refractivity contribution in [2.24, 2.45) is 0 Å². The molecular formula is C8H10O3S. The molecule has 0 spiro atoms. The third-order valence-electron chi connectivity index (χ3n) is 1.03. The van der Waals surface area contributed by atoms with Gasteiger partial charge in [0.15, 0.2) is 10.8 Å². The highest BCUT2D eigenvalue weighted by Gasteiger charge is 2.20. The Morgan fingerprint density at radius 2 is 1.25 bits per heavy atom. The largest absolute Gasteiger partial charge is 0.279 e. The van der Waals surface area contributed by atoms with Crippen molar-refractivity contribution < 1.29 is 13.8 Å². The summed E-state index contributed by atoms with van der Waals surface area (Å²) in [4.78, 5) is 21.9. The molecule has 0 rings (SSSR count). The molecule has 0 aliphatic heterocycles. The lowest BCUT2D eigenvalue weighted by molar-refractivity contribution is -0.110. The van der Waals surface area contributed by atoms with Crippen LogP contribution in [0.2, 0.25) is 0 Å². The van der Waals surface area contributed by atoms with Crippen LogP contribution in [0.1, 0.15) is 13.8 Å². The number of hydrogen-bond acceptors (Lipinski definition) is 3. The molecule has 0 saturated carbocycles. The minimum Gasteiger partial charge on any atom is -0.279 e. The molecule has 66 valence electrons. The first kappa shape index (κ1) is 11.0. The molecule has 0 atom stereocenters. The van der Waals surface area contributed by atoms with Crippen LogP contribution in [-0.2, 0) is 20.4 Å². The molecule has 0 N–H and O–H groups in total. The molecule has 0 bridgehead atoms. The highest BCUT2D eigenvalue weighted by molar-refractivity contribution is 8.14. The molecule has 0 radical (unpaired) electrons. The first-order valence-corrected chi connectivity index (χ1v) is 4.34. The quantitative estimate of drug-likeness (QED) is 0.603. The van der Waals surface area contributed by atoms with Crippen molar-refractivity contribution in [3.05, 3.63) is 24.3 Å². The Kier molecular flexibility index (Phi) is 3.76. The van der Waals surface area contributed by atoms with Crippen LogP contribution in [0.3, 0.4) is 0 Å². The number of carbonyl (C=O) groups is 2. The molecule has 0 aromatic carbocycles. The van der Waals surface area contributed by atoms with Gasteiger partial charge < -0.3 is 0 Å². The smallest absolute Gasteiger partial charge is 0.252 e. The molecule has 0 saturated heterocycles. The maximum Gasteiger partial charge on any atom is 0.252 e. The SMILES string of the molecule is C=C(C)C(=O)S(=O)C(=O)C(=C)C. The van der Waals surface area contributed by atoms with Crippen molar-refractivity contribution in [3.63, 3.8) is 0 Å². The van der Waals surface area contributed by atoms with Crippen molar-refractivity contribution in [3.8, 4) is 0 Å². The van der Waals surface area contributed by atoms with Crippen LogP contribution < -0.4 is 0 Å². The van der Waals surface area contributed by atoms with Crippen molar-refractivity contribution in [2.45, 2.75) is 13.8 Å². The van der Waals surface area contributed by atoms with E-state index in [1.165, 1.54) is 13.8 Å².